The molecule has 3 fully saturated rings. The number of fused-ring (bicyclic) bond motifs is 2. The van der Waals surface area contributed by atoms with Crippen molar-refractivity contribution in [3.8, 4) is 17.0 Å². The molecule has 2 aromatic rings. The van der Waals surface area contributed by atoms with Crippen LogP contribution in [0.5, 0.6) is 5.75 Å². The van der Waals surface area contributed by atoms with E-state index in [2.05, 4.69) is 9.97 Å². The average molecular weight is 477 g/mol. The van der Waals surface area contributed by atoms with Gasteiger partial charge in [0.25, 0.3) is 0 Å². The van der Waals surface area contributed by atoms with Gasteiger partial charge in [-0.3, -0.25) is 9.88 Å². The molecule has 1 saturated carbocycles. The second kappa shape index (κ2) is 8.95. The van der Waals surface area contributed by atoms with Gasteiger partial charge in [0.1, 0.15) is 17.7 Å². The summed E-state index contributed by atoms with van der Waals surface area (Å²) in [5.74, 6) is 1.15. The molecule has 33 heavy (non-hydrogen) atoms. The standard InChI is InChI=1S/C23H26ClFN4O4/c1-32-12-33-20-8-13(24)2-6-16(20)17-10-27-21(11-26-17)28(14-3-4-14)19-9-15-5-7-18(22(19)25)29(15)23(30)31/h2,6,8,10-11,14-15,18-19,22H,3-5,7,9,12H2,1H3,(H,30,31)/t15-,18+,19-,22+/m1/s1. The lowest BCUT2D eigenvalue weighted by atomic mass is 9.94. The molecule has 1 aromatic carbocycles. The lowest BCUT2D eigenvalue weighted by molar-refractivity contribution is 0.0475. The molecule has 1 amide bonds. The van der Waals surface area contributed by atoms with Gasteiger partial charge < -0.3 is 19.5 Å². The number of hydrogen-bond donors (Lipinski definition) is 1. The quantitative estimate of drug-likeness (QED) is 0.593. The molecule has 1 N–H and O–H groups in total. The first-order chi connectivity index (χ1) is 16.0. The minimum Gasteiger partial charge on any atom is -0.467 e. The van der Waals surface area contributed by atoms with E-state index in [1.165, 1.54) is 12.0 Å². The molecule has 3 heterocycles. The van der Waals surface area contributed by atoms with Crippen LogP contribution in [0.15, 0.2) is 30.6 Å². The van der Waals surface area contributed by atoms with Crippen molar-refractivity contribution in [1.29, 1.82) is 0 Å². The number of alkyl halides is 1. The molecule has 2 saturated heterocycles. The Hall–Kier alpha value is -2.65. The van der Waals surface area contributed by atoms with Crippen LogP contribution in [0, 0.1) is 0 Å². The van der Waals surface area contributed by atoms with Gasteiger partial charge >= 0.3 is 6.09 Å². The SMILES string of the molecule is COCOc1cc(Cl)ccc1-c1cnc(N(C2CC2)[C@@H]2C[C@H]3CC[C@@H]([C@@H]2F)N3C(=O)O)cn1. The molecule has 10 heteroatoms. The maximum atomic E-state index is 15.6. The van der Waals surface area contributed by atoms with Gasteiger partial charge in [0.05, 0.1) is 30.2 Å². The molecule has 5 rings (SSSR count). The summed E-state index contributed by atoms with van der Waals surface area (Å²) in [6.07, 6.45) is 4.72. The first-order valence-electron chi connectivity index (χ1n) is 11.1. The predicted molar refractivity (Wildman–Crippen MR) is 120 cm³/mol. The minimum absolute atomic E-state index is 0.0730. The summed E-state index contributed by atoms with van der Waals surface area (Å²) in [6, 6.07) is 4.33. The number of nitrogens with zero attached hydrogens (tertiary/aromatic N) is 4. The van der Waals surface area contributed by atoms with Crippen molar-refractivity contribution in [3.05, 3.63) is 35.6 Å². The van der Waals surface area contributed by atoms with Crippen molar-refractivity contribution in [2.45, 2.75) is 62.4 Å². The fourth-order valence-corrected chi connectivity index (χ4v) is 5.37. The van der Waals surface area contributed by atoms with E-state index in [1.807, 2.05) is 11.0 Å². The molecular weight excluding hydrogens is 451 g/mol. The summed E-state index contributed by atoms with van der Waals surface area (Å²) >= 11 is 6.11. The van der Waals surface area contributed by atoms with E-state index < -0.39 is 24.3 Å². The number of carboxylic acid groups (broad SMARTS) is 1. The van der Waals surface area contributed by atoms with Gasteiger partial charge in [-0.2, -0.15) is 0 Å². The first kappa shape index (κ1) is 22.2. The van der Waals surface area contributed by atoms with Crippen LogP contribution in [-0.2, 0) is 4.74 Å². The summed E-state index contributed by atoms with van der Waals surface area (Å²) in [7, 11) is 1.54. The zero-order chi connectivity index (χ0) is 23.1. The third-order valence-corrected chi connectivity index (χ3v) is 7.00. The molecule has 176 valence electrons. The third-order valence-electron chi connectivity index (χ3n) is 6.77. The van der Waals surface area contributed by atoms with Crippen LogP contribution in [-0.4, -0.2) is 70.3 Å². The zero-order valence-electron chi connectivity index (χ0n) is 18.2. The van der Waals surface area contributed by atoms with Crippen molar-refractivity contribution in [2.24, 2.45) is 0 Å². The van der Waals surface area contributed by atoms with E-state index in [4.69, 9.17) is 21.1 Å². The fraction of sp³-hybridized carbons (Fsp3) is 0.522. The number of benzene rings is 1. The number of methoxy groups -OCH3 is 1. The molecule has 0 spiro atoms. The summed E-state index contributed by atoms with van der Waals surface area (Å²) in [6.45, 7) is 0.0730. The Bertz CT molecular complexity index is 1020. The Morgan fingerprint density at radius 2 is 2.09 bits per heavy atom. The molecule has 1 aliphatic carbocycles. The number of carbonyl (C=O) groups is 1. The number of halogens is 2. The number of rotatable bonds is 7. The summed E-state index contributed by atoms with van der Waals surface area (Å²) < 4.78 is 26.2. The largest absolute Gasteiger partial charge is 0.467 e. The fourth-order valence-electron chi connectivity index (χ4n) is 5.21. The summed E-state index contributed by atoms with van der Waals surface area (Å²) in [5.41, 5.74) is 1.33. The smallest absolute Gasteiger partial charge is 0.407 e. The molecule has 2 aliphatic heterocycles. The lowest BCUT2D eigenvalue weighted by Gasteiger charge is -2.44. The van der Waals surface area contributed by atoms with Crippen molar-refractivity contribution in [3.63, 3.8) is 0 Å². The number of anilines is 1. The molecule has 0 unspecified atom stereocenters. The molecule has 8 nitrogen and oxygen atoms in total. The molecule has 1 aromatic heterocycles. The van der Waals surface area contributed by atoms with Crippen LogP contribution in [0.1, 0.15) is 32.1 Å². The van der Waals surface area contributed by atoms with E-state index >= 15 is 4.39 Å². The Labute approximate surface area is 196 Å². The third kappa shape index (κ3) is 4.19. The predicted octanol–water partition coefficient (Wildman–Crippen LogP) is 4.37. The van der Waals surface area contributed by atoms with Gasteiger partial charge in [0.15, 0.2) is 6.79 Å². The monoisotopic (exact) mass is 476 g/mol. The Morgan fingerprint density at radius 1 is 1.27 bits per heavy atom. The highest BCUT2D eigenvalue weighted by Gasteiger charge is 2.53. The first-order valence-corrected chi connectivity index (χ1v) is 11.5. The van der Waals surface area contributed by atoms with Crippen LogP contribution in [0.2, 0.25) is 5.02 Å². The zero-order valence-corrected chi connectivity index (χ0v) is 19.0. The normalized spacial score (nSPS) is 26.3. The van der Waals surface area contributed by atoms with Crippen LogP contribution in [0.4, 0.5) is 15.0 Å². The van der Waals surface area contributed by atoms with Gasteiger partial charge in [-0.15, -0.1) is 0 Å². The van der Waals surface area contributed by atoms with Crippen LogP contribution in [0.25, 0.3) is 11.3 Å². The molecule has 4 atom stereocenters. The van der Waals surface area contributed by atoms with Crippen LogP contribution in [0.3, 0.4) is 0 Å². The van der Waals surface area contributed by atoms with Crippen LogP contribution < -0.4 is 9.64 Å². The molecular formula is C23H26ClFN4O4. The van der Waals surface area contributed by atoms with Crippen LogP contribution >= 0.6 is 11.6 Å². The van der Waals surface area contributed by atoms with Crippen molar-refractivity contribution in [2.75, 3.05) is 18.8 Å². The van der Waals surface area contributed by atoms with Gasteiger partial charge in [-0.25, -0.2) is 14.2 Å². The van der Waals surface area contributed by atoms with E-state index in [0.717, 1.165) is 18.4 Å². The van der Waals surface area contributed by atoms with Crippen molar-refractivity contribution in [1.82, 2.24) is 14.9 Å². The van der Waals surface area contributed by atoms with E-state index in [0.29, 0.717) is 41.5 Å². The maximum absolute atomic E-state index is 15.6. The number of hydrogen-bond acceptors (Lipinski definition) is 6. The van der Waals surface area contributed by atoms with Gasteiger partial charge in [-0.05, 0) is 50.3 Å². The van der Waals surface area contributed by atoms with E-state index in [1.54, 1.807) is 24.5 Å². The highest BCUT2D eigenvalue weighted by molar-refractivity contribution is 6.30. The highest BCUT2D eigenvalue weighted by Crippen LogP contribution is 2.44. The minimum atomic E-state index is -1.26. The topological polar surface area (TPSA) is 88.0 Å². The number of amides is 1. The van der Waals surface area contributed by atoms with Crippen molar-refractivity contribution < 1.29 is 23.8 Å². The summed E-state index contributed by atoms with van der Waals surface area (Å²) in [4.78, 5) is 24.2. The molecule has 3 aliphatic rings. The Morgan fingerprint density at radius 3 is 2.76 bits per heavy atom. The molecule has 0 radical (unpaired) electrons. The number of piperidine rings is 1. The summed E-state index contributed by atoms with van der Waals surface area (Å²) in [5, 5.41) is 10.1. The van der Waals surface area contributed by atoms with Gasteiger partial charge in [0.2, 0.25) is 0 Å². The lowest BCUT2D eigenvalue weighted by Crippen LogP contribution is -2.60. The number of ether oxygens (including phenoxy) is 2. The second-order valence-electron chi connectivity index (χ2n) is 8.83. The van der Waals surface area contributed by atoms with Gasteiger partial charge in [-0.1, -0.05) is 11.6 Å². The second-order valence-corrected chi connectivity index (χ2v) is 9.26. The van der Waals surface area contributed by atoms with Gasteiger partial charge in [0, 0.05) is 29.8 Å². The molecule has 2 bridgehead atoms. The maximum Gasteiger partial charge on any atom is 0.407 e. The highest BCUT2D eigenvalue weighted by atomic mass is 35.5. The average Bonchev–Trinajstić information content (AvgIpc) is 3.57. The van der Waals surface area contributed by atoms with E-state index in [9.17, 15) is 9.90 Å². The Kier molecular flexibility index (Phi) is 6.01. The Balaban J connectivity index is 1.41. The van der Waals surface area contributed by atoms with Crippen molar-refractivity contribution >= 4 is 23.5 Å². The van der Waals surface area contributed by atoms with E-state index in [-0.39, 0.29) is 18.9 Å². The number of aromatic nitrogens is 2.